The average Bonchev–Trinajstić information content (AvgIpc) is 2.73. The number of guanidine groups is 1. The van der Waals surface area contributed by atoms with Crippen LogP contribution in [-0.4, -0.2) is 56.8 Å². The molecule has 2 aromatic rings. The van der Waals surface area contributed by atoms with Gasteiger partial charge in [0.25, 0.3) is 0 Å². The number of ether oxygens (including phenoxy) is 1. The Bertz CT molecular complexity index is 759. The number of methoxy groups -OCH3 is 1. The van der Waals surface area contributed by atoms with E-state index in [1.807, 2.05) is 0 Å². The topological polar surface area (TPSA) is 48.9 Å². The van der Waals surface area contributed by atoms with Crippen LogP contribution in [0.25, 0.3) is 10.8 Å². The largest absolute Gasteiger partial charge is 0.385 e. The summed E-state index contributed by atoms with van der Waals surface area (Å²) in [6.07, 6.45) is 3.44. The Labute approximate surface area is 192 Å². The van der Waals surface area contributed by atoms with Crippen LogP contribution in [0.3, 0.4) is 0 Å². The molecule has 6 heteroatoms. The molecule has 160 valence electrons. The first-order chi connectivity index (χ1) is 13.8. The van der Waals surface area contributed by atoms with Gasteiger partial charge in [0, 0.05) is 45.9 Å². The van der Waals surface area contributed by atoms with E-state index in [4.69, 9.17) is 9.73 Å². The Kier molecular flexibility index (Phi) is 10.7. The summed E-state index contributed by atoms with van der Waals surface area (Å²) in [4.78, 5) is 7.37. The highest BCUT2D eigenvalue weighted by Crippen LogP contribution is 2.16. The van der Waals surface area contributed by atoms with E-state index in [1.165, 1.54) is 16.3 Å². The molecule has 1 aliphatic heterocycles. The van der Waals surface area contributed by atoms with Crippen LogP contribution >= 0.6 is 24.0 Å². The number of hydrogen-bond acceptors (Lipinski definition) is 3. The Morgan fingerprint density at radius 3 is 2.62 bits per heavy atom. The van der Waals surface area contributed by atoms with Gasteiger partial charge in [-0.1, -0.05) is 36.4 Å². The third-order valence-corrected chi connectivity index (χ3v) is 5.33. The van der Waals surface area contributed by atoms with Crippen LogP contribution in [0.1, 0.15) is 31.7 Å². The molecule has 29 heavy (non-hydrogen) atoms. The number of nitrogens with zero attached hydrogens (tertiary/aromatic N) is 2. The van der Waals surface area contributed by atoms with E-state index in [2.05, 4.69) is 64.9 Å². The fourth-order valence-corrected chi connectivity index (χ4v) is 3.75. The number of likely N-dealkylation sites (tertiary alicyclic amines) is 1. The molecule has 0 aromatic heterocycles. The van der Waals surface area contributed by atoms with Crippen molar-refractivity contribution in [3.63, 3.8) is 0 Å². The Hall–Kier alpha value is -1.38. The van der Waals surface area contributed by atoms with Crippen molar-refractivity contribution in [3.8, 4) is 0 Å². The van der Waals surface area contributed by atoms with Gasteiger partial charge in [0.1, 0.15) is 0 Å². The van der Waals surface area contributed by atoms with E-state index in [0.29, 0.717) is 12.6 Å². The summed E-state index contributed by atoms with van der Waals surface area (Å²) >= 11 is 0. The zero-order valence-electron chi connectivity index (χ0n) is 17.7. The lowest BCUT2D eigenvalue weighted by Crippen LogP contribution is -2.48. The molecule has 0 saturated carbocycles. The van der Waals surface area contributed by atoms with Gasteiger partial charge in [-0.3, -0.25) is 0 Å². The monoisotopic (exact) mass is 510 g/mol. The predicted molar refractivity (Wildman–Crippen MR) is 133 cm³/mol. The van der Waals surface area contributed by atoms with Crippen molar-refractivity contribution in [1.82, 2.24) is 15.5 Å². The average molecular weight is 510 g/mol. The molecule has 1 aliphatic rings. The van der Waals surface area contributed by atoms with Gasteiger partial charge in [-0.25, -0.2) is 4.99 Å². The lowest BCUT2D eigenvalue weighted by molar-refractivity contribution is 0.155. The van der Waals surface area contributed by atoms with Crippen LogP contribution < -0.4 is 10.6 Å². The van der Waals surface area contributed by atoms with Gasteiger partial charge in [0.15, 0.2) is 5.96 Å². The van der Waals surface area contributed by atoms with E-state index >= 15 is 0 Å². The number of benzene rings is 2. The van der Waals surface area contributed by atoms with Crippen LogP contribution in [0.4, 0.5) is 0 Å². The number of aliphatic imine (C=N–C) groups is 1. The van der Waals surface area contributed by atoms with Crippen LogP contribution in [-0.2, 0) is 11.3 Å². The second-order valence-corrected chi connectivity index (χ2v) is 7.48. The summed E-state index contributed by atoms with van der Waals surface area (Å²) in [7, 11) is 1.77. The molecule has 0 radical (unpaired) electrons. The van der Waals surface area contributed by atoms with Crippen LogP contribution in [0.5, 0.6) is 0 Å². The van der Waals surface area contributed by atoms with E-state index in [0.717, 1.165) is 58.0 Å². The van der Waals surface area contributed by atoms with Crippen LogP contribution in [0.15, 0.2) is 47.5 Å². The fourth-order valence-electron chi connectivity index (χ4n) is 3.75. The van der Waals surface area contributed by atoms with E-state index in [1.54, 1.807) is 7.11 Å². The third kappa shape index (κ3) is 7.75. The minimum atomic E-state index is 0. The zero-order valence-corrected chi connectivity index (χ0v) is 20.0. The highest BCUT2D eigenvalue weighted by atomic mass is 127. The second-order valence-electron chi connectivity index (χ2n) is 7.48. The molecule has 0 spiro atoms. The van der Waals surface area contributed by atoms with Crippen molar-refractivity contribution in [2.75, 3.05) is 39.9 Å². The minimum absolute atomic E-state index is 0. The number of nitrogens with one attached hydrogen (secondary N) is 2. The lowest BCUT2D eigenvalue weighted by Gasteiger charge is -2.33. The predicted octanol–water partition coefficient (Wildman–Crippen LogP) is 4.01. The highest BCUT2D eigenvalue weighted by molar-refractivity contribution is 14.0. The maximum absolute atomic E-state index is 5.16. The molecule has 5 nitrogen and oxygen atoms in total. The molecular weight excluding hydrogens is 475 g/mol. The molecule has 3 rings (SSSR count). The van der Waals surface area contributed by atoms with Crippen molar-refractivity contribution in [1.29, 1.82) is 0 Å². The number of fused-ring (bicyclic) bond motifs is 1. The summed E-state index contributed by atoms with van der Waals surface area (Å²) in [6, 6.07) is 15.6. The van der Waals surface area contributed by atoms with Crippen LogP contribution in [0.2, 0.25) is 0 Å². The molecule has 0 amide bonds. The van der Waals surface area contributed by atoms with Crippen molar-refractivity contribution in [2.24, 2.45) is 4.99 Å². The van der Waals surface area contributed by atoms with Gasteiger partial charge in [0.05, 0.1) is 6.54 Å². The smallest absolute Gasteiger partial charge is 0.191 e. The summed E-state index contributed by atoms with van der Waals surface area (Å²) in [5.74, 6) is 0.925. The van der Waals surface area contributed by atoms with Crippen LogP contribution in [0, 0.1) is 0 Å². The van der Waals surface area contributed by atoms with Gasteiger partial charge >= 0.3 is 0 Å². The normalized spacial score (nSPS) is 15.9. The maximum atomic E-state index is 5.16. The Morgan fingerprint density at radius 1 is 1.14 bits per heavy atom. The molecular formula is C23H35IN4O. The molecule has 2 N–H and O–H groups in total. The summed E-state index contributed by atoms with van der Waals surface area (Å²) in [5, 5.41) is 9.59. The Balaban J connectivity index is 0.00000300. The summed E-state index contributed by atoms with van der Waals surface area (Å²) in [6.45, 7) is 7.96. The van der Waals surface area contributed by atoms with E-state index < -0.39 is 0 Å². The quantitative estimate of drug-likeness (QED) is 0.244. The van der Waals surface area contributed by atoms with Gasteiger partial charge in [-0.05, 0) is 48.6 Å². The minimum Gasteiger partial charge on any atom is -0.385 e. The van der Waals surface area contributed by atoms with Crippen molar-refractivity contribution in [3.05, 3.63) is 48.0 Å². The van der Waals surface area contributed by atoms with Crippen molar-refractivity contribution < 1.29 is 4.74 Å². The fraction of sp³-hybridized carbons (Fsp3) is 0.522. The SMILES string of the molecule is CCNC(=NCc1ccc2ccccc2c1)NC1CCN(CCCOC)CC1.I. The number of halogens is 1. The molecule has 1 fully saturated rings. The number of piperidine rings is 1. The maximum Gasteiger partial charge on any atom is 0.191 e. The standard InChI is InChI=1S/C23H34N4O.HI/c1-3-24-23(26-22-11-14-27(15-12-22)13-6-16-28-2)25-18-19-9-10-20-7-4-5-8-21(20)17-19;/h4-5,7-10,17,22H,3,6,11-16,18H2,1-2H3,(H2,24,25,26);1H. The lowest BCUT2D eigenvalue weighted by atomic mass is 10.1. The highest BCUT2D eigenvalue weighted by Gasteiger charge is 2.19. The second kappa shape index (κ2) is 13.0. The Morgan fingerprint density at radius 2 is 1.90 bits per heavy atom. The van der Waals surface area contributed by atoms with Gasteiger partial charge in [0.2, 0.25) is 0 Å². The van der Waals surface area contributed by atoms with E-state index in [-0.39, 0.29) is 24.0 Å². The van der Waals surface area contributed by atoms with Crippen molar-refractivity contribution >= 4 is 40.7 Å². The molecule has 0 bridgehead atoms. The molecule has 2 aromatic carbocycles. The first-order valence-electron chi connectivity index (χ1n) is 10.5. The summed E-state index contributed by atoms with van der Waals surface area (Å²) < 4.78 is 5.16. The molecule has 0 aliphatic carbocycles. The first kappa shape index (κ1) is 23.9. The molecule has 1 heterocycles. The number of hydrogen-bond donors (Lipinski definition) is 2. The van der Waals surface area contributed by atoms with Gasteiger partial charge in [-0.2, -0.15) is 0 Å². The molecule has 1 saturated heterocycles. The number of rotatable bonds is 8. The third-order valence-electron chi connectivity index (χ3n) is 5.33. The first-order valence-corrected chi connectivity index (χ1v) is 10.5. The molecule has 0 unspecified atom stereocenters. The zero-order chi connectivity index (χ0) is 19.6. The van der Waals surface area contributed by atoms with Gasteiger partial charge < -0.3 is 20.3 Å². The van der Waals surface area contributed by atoms with Crippen molar-refractivity contribution in [2.45, 2.75) is 38.8 Å². The van der Waals surface area contributed by atoms with Gasteiger partial charge in [-0.15, -0.1) is 24.0 Å². The molecule has 0 atom stereocenters. The van der Waals surface area contributed by atoms with E-state index in [9.17, 15) is 0 Å². The summed E-state index contributed by atoms with van der Waals surface area (Å²) in [5.41, 5.74) is 1.24.